The molecule has 0 aliphatic carbocycles. The second kappa shape index (κ2) is 11.2. The predicted molar refractivity (Wildman–Crippen MR) is 90.8 cm³/mol. The summed E-state index contributed by atoms with van der Waals surface area (Å²) in [6.45, 7) is 6.66. The summed E-state index contributed by atoms with van der Waals surface area (Å²) in [7, 11) is 0. The van der Waals surface area contributed by atoms with Gasteiger partial charge in [-0.05, 0) is 62.5 Å². The van der Waals surface area contributed by atoms with Crippen LogP contribution in [0.5, 0.6) is 0 Å². The zero-order valence-corrected chi connectivity index (χ0v) is 13.8. The van der Waals surface area contributed by atoms with Gasteiger partial charge in [0.25, 0.3) is 0 Å². The first kappa shape index (κ1) is 17.6. The molecule has 1 saturated heterocycles. The standard InChI is InChI=1S/C19H30N2/c1-3-5-7-12-18(11-4-2)19(17-20)13-10-16-21-14-8-6-9-15-21/h10-11,13,16H,3-9,12,14-15H2,1-2H3/b16-10+,18-11-,19-13+. The largest absolute Gasteiger partial charge is 0.377 e. The molecule has 0 radical (unpaired) electrons. The van der Waals surface area contributed by atoms with E-state index in [9.17, 15) is 5.26 Å². The van der Waals surface area contributed by atoms with Crippen molar-refractivity contribution in [3.63, 3.8) is 0 Å². The van der Waals surface area contributed by atoms with Gasteiger partial charge < -0.3 is 4.90 Å². The molecule has 0 atom stereocenters. The Hall–Kier alpha value is -1.49. The van der Waals surface area contributed by atoms with E-state index in [0.717, 1.165) is 31.5 Å². The number of hydrogen-bond acceptors (Lipinski definition) is 2. The van der Waals surface area contributed by atoms with Gasteiger partial charge in [-0.1, -0.05) is 32.8 Å². The first-order valence-electron chi connectivity index (χ1n) is 8.53. The molecule has 1 heterocycles. The SMILES string of the molecule is CC\C=C(CCCCC)/C(C#N)=C/C=C/N1CCCCC1. The molecule has 21 heavy (non-hydrogen) atoms. The van der Waals surface area contributed by atoms with Crippen molar-refractivity contribution in [2.24, 2.45) is 0 Å². The van der Waals surface area contributed by atoms with E-state index in [1.54, 1.807) is 0 Å². The van der Waals surface area contributed by atoms with Crippen LogP contribution in [0.3, 0.4) is 0 Å². The zero-order valence-electron chi connectivity index (χ0n) is 13.8. The third-order valence-corrected chi connectivity index (χ3v) is 3.92. The highest BCUT2D eigenvalue weighted by atomic mass is 15.1. The number of nitrogens with zero attached hydrogens (tertiary/aromatic N) is 2. The maximum Gasteiger partial charge on any atom is 0.0994 e. The van der Waals surface area contributed by atoms with Crippen molar-refractivity contribution in [1.29, 1.82) is 5.26 Å². The molecule has 1 aliphatic heterocycles. The van der Waals surface area contributed by atoms with E-state index in [0.29, 0.717) is 0 Å². The molecule has 0 aromatic heterocycles. The van der Waals surface area contributed by atoms with Crippen LogP contribution in [0.25, 0.3) is 0 Å². The highest BCUT2D eigenvalue weighted by molar-refractivity contribution is 5.43. The van der Waals surface area contributed by atoms with Gasteiger partial charge in [-0.2, -0.15) is 5.26 Å². The minimum atomic E-state index is 0.834. The van der Waals surface area contributed by atoms with Gasteiger partial charge in [0.15, 0.2) is 0 Å². The van der Waals surface area contributed by atoms with Crippen molar-refractivity contribution in [2.75, 3.05) is 13.1 Å². The number of allylic oxidation sites excluding steroid dienone is 5. The van der Waals surface area contributed by atoms with Crippen LogP contribution in [0.1, 0.15) is 65.2 Å². The normalized spacial score (nSPS) is 17.3. The lowest BCUT2D eigenvalue weighted by Gasteiger charge is -2.24. The van der Waals surface area contributed by atoms with Gasteiger partial charge in [0.1, 0.15) is 0 Å². The van der Waals surface area contributed by atoms with Gasteiger partial charge in [0, 0.05) is 13.1 Å². The quantitative estimate of drug-likeness (QED) is 0.341. The second-order valence-corrected chi connectivity index (χ2v) is 5.73. The van der Waals surface area contributed by atoms with Crippen LogP contribution in [0.4, 0.5) is 0 Å². The first-order chi connectivity index (χ1) is 10.3. The molecule has 116 valence electrons. The molecule has 0 N–H and O–H groups in total. The van der Waals surface area contributed by atoms with Crippen molar-refractivity contribution < 1.29 is 0 Å². The van der Waals surface area contributed by atoms with E-state index in [1.807, 2.05) is 12.2 Å². The van der Waals surface area contributed by atoms with Gasteiger partial charge >= 0.3 is 0 Å². The molecule has 0 saturated carbocycles. The Bertz CT molecular complexity index is 404. The molecule has 1 fully saturated rings. The van der Waals surface area contributed by atoms with Gasteiger partial charge in [-0.15, -0.1) is 0 Å². The maximum atomic E-state index is 9.41. The van der Waals surface area contributed by atoms with E-state index < -0.39 is 0 Å². The average Bonchev–Trinajstić information content (AvgIpc) is 2.52. The highest BCUT2D eigenvalue weighted by Gasteiger charge is 2.05. The fourth-order valence-electron chi connectivity index (χ4n) is 2.70. The fourth-order valence-corrected chi connectivity index (χ4v) is 2.70. The molecule has 1 rings (SSSR count). The smallest absolute Gasteiger partial charge is 0.0994 e. The lowest BCUT2D eigenvalue weighted by Crippen LogP contribution is -2.23. The van der Waals surface area contributed by atoms with Crippen LogP contribution in [0, 0.1) is 11.3 Å². The van der Waals surface area contributed by atoms with Gasteiger partial charge in [0.05, 0.1) is 11.6 Å². The summed E-state index contributed by atoms with van der Waals surface area (Å²) in [6.07, 6.45) is 18.0. The van der Waals surface area contributed by atoms with Crippen LogP contribution >= 0.6 is 0 Å². The number of rotatable bonds is 8. The van der Waals surface area contributed by atoms with E-state index in [4.69, 9.17) is 0 Å². The van der Waals surface area contributed by atoms with Crippen molar-refractivity contribution >= 4 is 0 Å². The van der Waals surface area contributed by atoms with E-state index in [2.05, 4.69) is 37.1 Å². The first-order valence-corrected chi connectivity index (χ1v) is 8.53. The minimum absolute atomic E-state index is 0.834. The Labute approximate surface area is 130 Å². The van der Waals surface area contributed by atoms with Gasteiger partial charge in [-0.25, -0.2) is 0 Å². The molecule has 0 amide bonds. The Morgan fingerprint density at radius 1 is 1.14 bits per heavy atom. The third kappa shape index (κ3) is 7.18. The monoisotopic (exact) mass is 286 g/mol. The van der Waals surface area contributed by atoms with E-state index >= 15 is 0 Å². The Kier molecular flexibility index (Phi) is 9.37. The summed E-state index contributed by atoms with van der Waals surface area (Å²) in [5, 5.41) is 9.41. The molecule has 0 aromatic carbocycles. The van der Waals surface area contributed by atoms with Crippen LogP contribution in [-0.4, -0.2) is 18.0 Å². The molecule has 1 aliphatic rings. The summed E-state index contributed by atoms with van der Waals surface area (Å²) in [4.78, 5) is 2.36. The third-order valence-electron chi connectivity index (χ3n) is 3.92. The van der Waals surface area contributed by atoms with Crippen molar-refractivity contribution in [3.05, 3.63) is 35.6 Å². The summed E-state index contributed by atoms with van der Waals surface area (Å²) in [5.41, 5.74) is 2.05. The van der Waals surface area contributed by atoms with E-state index in [-0.39, 0.29) is 0 Å². The summed E-state index contributed by atoms with van der Waals surface area (Å²) in [6, 6.07) is 2.37. The van der Waals surface area contributed by atoms with Crippen molar-refractivity contribution in [3.8, 4) is 6.07 Å². The molecule has 0 aromatic rings. The fraction of sp³-hybridized carbons (Fsp3) is 0.632. The number of likely N-dealkylation sites (tertiary alicyclic amines) is 1. The van der Waals surface area contributed by atoms with Crippen LogP contribution in [0.2, 0.25) is 0 Å². The van der Waals surface area contributed by atoms with Crippen LogP contribution in [0.15, 0.2) is 35.6 Å². The molecular formula is C19H30N2. The van der Waals surface area contributed by atoms with Crippen molar-refractivity contribution in [1.82, 2.24) is 4.90 Å². The molecule has 2 nitrogen and oxygen atoms in total. The topological polar surface area (TPSA) is 27.0 Å². The van der Waals surface area contributed by atoms with Crippen LogP contribution < -0.4 is 0 Å². The van der Waals surface area contributed by atoms with Crippen LogP contribution in [-0.2, 0) is 0 Å². The maximum absolute atomic E-state index is 9.41. The highest BCUT2D eigenvalue weighted by Crippen LogP contribution is 2.18. The second-order valence-electron chi connectivity index (χ2n) is 5.73. The van der Waals surface area contributed by atoms with Gasteiger partial charge in [0.2, 0.25) is 0 Å². The van der Waals surface area contributed by atoms with E-state index in [1.165, 1.54) is 44.1 Å². The average molecular weight is 286 g/mol. The summed E-state index contributed by atoms with van der Waals surface area (Å²) < 4.78 is 0. The lowest BCUT2D eigenvalue weighted by molar-refractivity contribution is 0.309. The Morgan fingerprint density at radius 2 is 1.90 bits per heavy atom. The Morgan fingerprint density at radius 3 is 2.52 bits per heavy atom. The number of piperidine rings is 1. The Balaban J connectivity index is 2.63. The molecule has 0 spiro atoms. The zero-order chi connectivity index (χ0) is 15.3. The predicted octanol–water partition coefficient (Wildman–Crippen LogP) is 5.35. The molecule has 0 unspecified atom stereocenters. The molecule has 0 bridgehead atoms. The molecular weight excluding hydrogens is 256 g/mol. The summed E-state index contributed by atoms with van der Waals surface area (Å²) >= 11 is 0. The summed E-state index contributed by atoms with van der Waals surface area (Å²) in [5.74, 6) is 0. The minimum Gasteiger partial charge on any atom is -0.377 e. The lowest BCUT2D eigenvalue weighted by atomic mass is 9.99. The number of unbranched alkanes of at least 4 members (excludes halogenated alkanes) is 2. The number of hydrogen-bond donors (Lipinski definition) is 0. The molecule has 2 heteroatoms. The van der Waals surface area contributed by atoms with Gasteiger partial charge in [-0.3, -0.25) is 0 Å². The van der Waals surface area contributed by atoms with Crippen molar-refractivity contribution in [2.45, 2.75) is 65.2 Å². The number of nitriles is 1.